The first-order valence-corrected chi connectivity index (χ1v) is 11.6. The van der Waals surface area contributed by atoms with E-state index in [1.807, 2.05) is 61.5 Å². The molecule has 0 aliphatic carbocycles. The Morgan fingerprint density at radius 2 is 1.87 bits per heavy atom. The predicted octanol–water partition coefficient (Wildman–Crippen LogP) is 6.09. The molecule has 3 aromatic carbocycles. The summed E-state index contributed by atoms with van der Waals surface area (Å²) in [6.07, 6.45) is 1.73. The highest BCUT2D eigenvalue weighted by Crippen LogP contribution is 2.38. The van der Waals surface area contributed by atoms with Gasteiger partial charge in [-0.25, -0.2) is 0 Å². The number of hydrogen-bond acceptors (Lipinski definition) is 5. The Bertz CT molecular complexity index is 1200. The maximum Gasteiger partial charge on any atom is 0.293 e. The SMILES string of the molecule is CCOc1c(I)cc(/C=C2/SC(=O)N(Cc3cccc4ccccc34)C2=O)cc1OC. The van der Waals surface area contributed by atoms with Crippen LogP contribution < -0.4 is 9.47 Å². The predicted molar refractivity (Wildman–Crippen MR) is 132 cm³/mol. The molecule has 0 spiro atoms. The van der Waals surface area contributed by atoms with Gasteiger partial charge in [0.25, 0.3) is 11.1 Å². The van der Waals surface area contributed by atoms with Crippen LogP contribution in [0.2, 0.25) is 0 Å². The summed E-state index contributed by atoms with van der Waals surface area (Å²) >= 11 is 3.14. The zero-order valence-corrected chi connectivity index (χ0v) is 20.0. The van der Waals surface area contributed by atoms with E-state index in [1.54, 1.807) is 13.2 Å². The summed E-state index contributed by atoms with van der Waals surface area (Å²) in [7, 11) is 1.58. The Morgan fingerprint density at radius 1 is 1.10 bits per heavy atom. The van der Waals surface area contributed by atoms with Gasteiger partial charge in [0.15, 0.2) is 11.5 Å². The summed E-state index contributed by atoms with van der Waals surface area (Å²) in [6, 6.07) is 17.6. The van der Waals surface area contributed by atoms with Gasteiger partial charge in [0.1, 0.15) is 0 Å². The van der Waals surface area contributed by atoms with Crippen molar-refractivity contribution in [2.24, 2.45) is 0 Å². The molecule has 0 N–H and O–H groups in total. The number of nitrogens with zero attached hydrogens (tertiary/aromatic N) is 1. The van der Waals surface area contributed by atoms with Crippen molar-refractivity contribution in [2.45, 2.75) is 13.5 Å². The summed E-state index contributed by atoms with van der Waals surface area (Å²) in [5.41, 5.74) is 1.72. The van der Waals surface area contributed by atoms with Crippen LogP contribution in [0, 0.1) is 3.57 Å². The zero-order chi connectivity index (χ0) is 22.0. The first-order valence-electron chi connectivity index (χ1n) is 9.74. The lowest BCUT2D eigenvalue weighted by atomic mass is 10.0. The van der Waals surface area contributed by atoms with Crippen molar-refractivity contribution in [2.75, 3.05) is 13.7 Å². The minimum absolute atomic E-state index is 0.244. The van der Waals surface area contributed by atoms with Gasteiger partial charge in [-0.05, 0) is 81.4 Å². The first-order chi connectivity index (χ1) is 15.0. The van der Waals surface area contributed by atoms with E-state index in [0.717, 1.165) is 37.2 Å². The quantitative estimate of drug-likeness (QED) is 0.277. The van der Waals surface area contributed by atoms with Gasteiger partial charge in [0.2, 0.25) is 0 Å². The molecule has 1 aliphatic heterocycles. The molecule has 5 nitrogen and oxygen atoms in total. The number of fused-ring (bicyclic) bond motifs is 1. The lowest BCUT2D eigenvalue weighted by Crippen LogP contribution is -2.27. The summed E-state index contributed by atoms with van der Waals surface area (Å²) in [5.74, 6) is 0.979. The van der Waals surface area contributed by atoms with Crippen molar-refractivity contribution in [1.82, 2.24) is 4.90 Å². The van der Waals surface area contributed by atoms with Gasteiger partial charge in [0.05, 0.1) is 28.7 Å². The van der Waals surface area contributed by atoms with Crippen LogP contribution in [0.1, 0.15) is 18.1 Å². The van der Waals surface area contributed by atoms with E-state index < -0.39 is 0 Å². The number of amides is 2. The zero-order valence-electron chi connectivity index (χ0n) is 17.1. The van der Waals surface area contributed by atoms with Crippen molar-refractivity contribution >= 4 is 62.3 Å². The van der Waals surface area contributed by atoms with E-state index in [9.17, 15) is 9.59 Å². The summed E-state index contributed by atoms with van der Waals surface area (Å²) < 4.78 is 12.0. The van der Waals surface area contributed by atoms with Crippen LogP contribution in [-0.4, -0.2) is 29.8 Å². The van der Waals surface area contributed by atoms with Gasteiger partial charge in [-0.3, -0.25) is 14.5 Å². The topological polar surface area (TPSA) is 55.8 Å². The molecule has 0 atom stereocenters. The second-order valence-corrected chi connectivity index (χ2v) is 9.03. The van der Waals surface area contributed by atoms with E-state index in [2.05, 4.69) is 22.6 Å². The molecule has 1 fully saturated rings. The maximum atomic E-state index is 13.0. The second-order valence-electron chi connectivity index (χ2n) is 6.87. The normalized spacial score (nSPS) is 15.2. The van der Waals surface area contributed by atoms with Crippen LogP contribution in [-0.2, 0) is 11.3 Å². The molecule has 1 heterocycles. The van der Waals surface area contributed by atoms with Gasteiger partial charge in [0, 0.05) is 0 Å². The number of carbonyl (C=O) groups excluding carboxylic acids is 2. The van der Waals surface area contributed by atoms with Crippen molar-refractivity contribution in [3.05, 3.63) is 74.2 Å². The Hall–Kier alpha value is -2.52. The third-order valence-corrected chi connectivity index (χ3v) is 6.63. The molecule has 0 bridgehead atoms. The lowest BCUT2D eigenvalue weighted by Gasteiger charge is -2.14. The molecule has 7 heteroatoms. The molecule has 2 amide bonds. The third-order valence-electron chi connectivity index (χ3n) is 4.92. The fourth-order valence-electron chi connectivity index (χ4n) is 3.50. The fraction of sp³-hybridized carbons (Fsp3) is 0.167. The van der Waals surface area contributed by atoms with Gasteiger partial charge in [-0.1, -0.05) is 42.5 Å². The average molecular weight is 545 g/mol. The number of rotatable bonds is 6. The molecule has 0 radical (unpaired) electrons. The molecule has 158 valence electrons. The summed E-state index contributed by atoms with van der Waals surface area (Å²) in [5, 5.41) is 1.86. The standard InChI is InChI=1S/C24H20INO4S/c1-3-30-22-19(25)11-15(12-20(22)29-2)13-21-23(27)26(24(28)31-21)14-17-9-6-8-16-7-4-5-10-18(16)17/h4-13H,3,14H2,1-2H3/b21-13+. The van der Waals surface area contributed by atoms with E-state index in [0.29, 0.717) is 23.0 Å². The van der Waals surface area contributed by atoms with Crippen molar-refractivity contribution in [1.29, 1.82) is 0 Å². The lowest BCUT2D eigenvalue weighted by molar-refractivity contribution is -0.123. The minimum Gasteiger partial charge on any atom is -0.493 e. The number of thioether (sulfide) groups is 1. The molecule has 0 aromatic heterocycles. The van der Waals surface area contributed by atoms with Gasteiger partial charge >= 0.3 is 0 Å². The molecule has 31 heavy (non-hydrogen) atoms. The molecule has 3 aromatic rings. The Kier molecular flexibility index (Phi) is 6.52. The molecule has 0 saturated carbocycles. The number of hydrogen-bond donors (Lipinski definition) is 0. The van der Waals surface area contributed by atoms with Crippen LogP contribution in [0.3, 0.4) is 0 Å². The van der Waals surface area contributed by atoms with Crippen LogP contribution in [0.15, 0.2) is 59.5 Å². The maximum absolute atomic E-state index is 13.0. The van der Waals surface area contributed by atoms with Gasteiger partial charge in [-0.2, -0.15) is 0 Å². The molecule has 1 saturated heterocycles. The number of methoxy groups -OCH3 is 1. The van der Waals surface area contributed by atoms with E-state index in [-0.39, 0.29) is 17.7 Å². The minimum atomic E-state index is -0.286. The summed E-state index contributed by atoms with van der Waals surface area (Å²) in [4.78, 5) is 27.4. The van der Waals surface area contributed by atoms with E-state index in [1.165, 1.54) is 4.90 Å². The largest absolute Gasteiger partial charge is 0.493 e. The Labute approximate surface area is 198 Å². The molecule has 1 aliphatic rings. The highest BCUT2D eigenvalue weighted by atomic mass is 127. The molecule has 4 rings (SSSR count). The molecular weight excluding hydrogens is 525 g/mol. The van der Waals surface area contributed by atoms with Crippen LogP contribution in [0.25, 0.3) is 16.8 Å². The highest BCUT2D eigenvalue weighted by molar-refractivity contribution is 14.1. The first kappa shape index (κ1) is 21.7. The Morgan fingerprint density at radius 3 is 2.65 bits per heavy atom. The van der Waals surface area contributed by atoms with Crippen molar-refractivity contribution in [3.8, 4) is 11.5 Å². The number of benzene rings is 3. The second kappa shape index (κ2) is 9.32. The van der Waals surface area contributed by atoms with Gasteiger partial charge in [-0.15, -0.1) is 0 Å². The van der Waals surface area contributed by atoms with E-state index in [4.69, 9.17) is 9.47 Å². The van der Waals surface area contributed by atoms with Crippen LogP contribution in [0.5, 0.6) is 11.5 Å². The van der Waals surface area contributed by atoms with Crippen LogP contribution >= 0.6 is 34.4 Å². The smallest absolute Gasteiger partial charge is 0.293 e. The molecule has 0 unspecified atom stereocenters. The fourth-order valence-corrected chi connectivity index (χ4v) is 5.12. The average Bonchev–Trinajstić information content (AvgIpc) is 3.03. The number of imide groups is 1. The number of halogens is 1. The van der Waals surface area contributed by atoms with Crippen LogP contribution in [0.4, 0.5) is 4.79 Å². The highest BCUT2D eigenvalue weighted by Gasteiger charge is 2.35. The van der Waals surface area contributed by atoms with Crippen molar-refractivity contribution < 1.29 is 19.1 Å². The van der Waals surface area contributed by atoms with E-state index >= 15 is 0 Å². The van der Waals surface area contributed by atoms with Gasteiger partial charge < -0.3 is 9.47 Å². The number of carbonyl (C=O) groups is 2. The van der Waals surface area contributed by atoms with Crippen molar-refractivity contribution in [3.63, 3.8) is 0 Å². The monoisotopic (exact) mass is 545 g/mol. The summed E-state index contributed by atoms with van der Waals surface area (Å²) in [6.45, 7) is 2.68. The molecular formula is C24H20INO4S. The Balaban J connectivity index is 1.62. The third kappa shape index (κ3) is 4.43. The number of ether oxygens (including phenoxy) is 2.